The van der Waals surface area contributed by atoms with Gasteiger partial charge in [0.2, 0.25) is 5.91 Å². The van der Waals surface area contributed by atoms with E-state index in [1.807, 2.05) is 6.07 Å². The Morgan fingerprint density at radius 3 is 2.10 bits per heavy atom. The fourth-order valence-electron chi connectivity index (χ4n) is 2.78. The number of amides is 1. The highest BCUT2D eigenvalue weighted by molar-refractivity contribution is 5.75. The first-order valence-electron chi connectivity index (χ1n) is 8.87. The molecule has 154 valence electrons. The van der Waals surface area contributed by atoms with Crippen LogP contribution in [0.4, 0.5) is 0 Å². The number of hydrogen-bond donors (Lipinski definition) is 0. The minimum atomic E-state index is -0.858. The lowest BCUT2D eigenvalue weighted by molar-refractivity contribution is -0.131. The van der Waals surface area contributed by atoms with Crippen molar-refractivity contribution in [2.24, 2.45) is 0 Å². The van der Waals surface area contributed by atoms with Gasteiger partial charge in [0.05, 0.1) is 20.2 Å². The third-order valence-corrected chi connectivity index (χ3v) is 4.28. The maximum atomic E-state index is 12.7. The summed E-state index contributed by atoms with van der Waals surface area (Å²) in [5, 5.41) is 0. The van der Waals surface area contributed by atoms with E-state index in [-0.39, 0.29) is 19.6 Å². The van der Waals surface area contributed by atoms with Crippen LogP contribution in [0.2, 0.25) is 0 Å². The SMILES string of the molecule is C=CCn1c(=O)n(CC=C)c(=O)n(CC(=O)N(C)Cc2cccc(OC)c2)c1=O. The normalized spacial score (nSPS) is 10.4. The van der Waals surface area contributed by atoms with Gasteiger partial charge in [-0.1, -0.05) is 24.3 Å². The highest BCUT2D eigenvalue weighted by atomic mass is 16.5. The molecule has 0 aliphatic carbocycles. The van der Waals surface area contributed by atoms with Crippen LogP contribution < -0.4 is 21.8 Å². The van der Waals surface area contributed by atoms with Crippen molar-refractivity contribution in [1.82, 2.24) is 18.6 Å². The second-order valence-electron chi connectivity index (χ2n) is 6.33. The molecule has 0 spiro atoms. The second kappa shape index (κ2) is 9.54. The highest BCUT2D eigenvalue weighted by Crippen LogP contribution is 2.13. The van der Waals surface area contributed by atoms with Crippen molar-refractivity contribution in [3.63, 3.8) is 0 Å². The maximum Gasteiger partial charge on any atom is 0.337 e. The molecule has 0 fully saturated rings. The van der Waals surface area contributed by atoms with Crippen molar-refractivity contribution >= 4 is 5.91 Å². The lowest BCUT2D eigenvalue weighted by Gasteiger charge is -2.19. The third kappa shape index (κ3) is 4.81. The molecule has 2 aromatic rings. The van der Waals surface area contributed by atoms with E-state index in [1.165, 1.54) is 17.1 Å². The largest absolute Gasteiger partial charge is 0.497 e. The molecule has 9 nitrogen and oxygen atoms in total. The molecule has 0 N–H and O–H groups in total. The van der Waals surface area contributed by atoms with E-state index in [0.717, 1.165) is 19.3 Å². The van der Waals surface area contributed by atoms with Gasteiger partial charge in [0.25, 0.3) is 0 Å². The quantitative estimate of drug-likeness (QED) is 0.561. The average molecular weight is 400 g/mol. The molecule has 1 aromatic heterocycles. The van der Waals surface area contributed by atoms with Crippen LogP contribution in [0.3, 0.4) is 0 Å². The van der Waals surface area contributed by atoms with Crippen molar-refractivity contribution in [2.45, 2.75) is 26.2 Å². The Labute approximate surface area is 167 Å². The summed E-state index contributed by atoms with van der Waals surface area (Å²) in [5.41, 5.74) is -1.66. The Hall–Kier alpha value is -3.62. The van der Waals surface area contributed by atoms with Crippen LogP contribution in [0.15, 0.2) is 64.0 Å². The molecule has 1 aromatic carbocycles. The molecule has 0 aliphatic heterocycles. The summed E-state index contributed by atoms with van der Waals surface area (Å²) in [7, 11) is 3.11. The molecule has 2 rings (SSSR count). The summed E-state index contributed by atoms with van der Waals surface area (Å²) in [6, 6.07) is 7.21. The summed E-state index contributed by atoms with van der Waals surface area (Å²) in [4.78, 5) is 51.6. The summed E-state index contributed by atoms with van der Waals surface area (Å²) >= 11 is 0. The van der Waals surface area contributed by atoms with Crippen LogP contribution in [0.5, 0.6) is 5.75 Å². The molecule has 1 amide bonds. The van der Waals surface area contributed by atoms with Gasteiger partial charge in [0.1, 0.15) is 12.3 Å². The minimum Gasteiger partial charge on any atom is -0.497 e. The fraction of sp³-hybridized carbons (Fsp3) is 0.300. The van der Waals surface area contributed by atoms with Crippen LogP contribution >= 0.6 is 0 Å². The second-order valence-corrected chi connectivity index (χ2v) is 6.33. The van der Waals surface area contributed by atoms with Gasteiger partial charge >= 0.3 is 17.1 Å². The monoisotopic (exact) mass is 400 g/mol. The maximum absolute atomic E-state index is 12.7. The molecule has 1 heterocycles. The van der Waals surface area contributed by atoms with E-state index in [9.17, 15) is 19.2 Å². The van der Waals surface area contributed by atoms with Crippen molar-refractivity contribution < 1.29 is 9.53 Å². The van der Waals surface area contributed by atoms with Crippen molar-refractivity contribution in [2.75, 3.05) is 14.2 Å². The number of nitrogens with zero attached hydrogens (tertiary/aromatic N) is 4. The number of rotatable bonds is 9. The van der Waals surface area contributed by atoms with Crippen molar-refractivity contribution in [3.05, 3.63) is 86.6 Å². The predicted octanol–water partition coefficient (Wildman–Crippen LogP) is 0.211. The molecule has 0 atom stereocenters. The third-order valence-electron chi connectivity index (χ3n) is 4.28. The van der Waals surface area contributed by atoms with Crippen LogP contribution in [0.25, 0.3) is 0 Å². The van der Waals surface area contributed by atoms with E-state index in [2.05, 4.69) is 13.2 Å². The van der Waals surface area contributed by atoms with Gasteiger partial charge in [-0.3, -0.25) is 4.79 Å². The average Bonchev–Trinajstić information content (AvgIpc) is 2.71. The van der Waals surface area contributed by atoms with E-state index < -0.39 is 29.5 Å². The Kier molecular flexibility index (Phi) is 7.13. The number of allylic oxidation sites excluding steroid dienone is 2. The zero-order chi connectivity index (χ0) is 21.6. The number of ether oxygens (including phenoxy) is 1. The lowest BCUT2D eigenvalue weighted by Crippen LogP contribution is -2.55. The van der Waals surface area contributed by atoms with Gasteiger partial charge in [0.15, 0.2) is 0 Å². The Morgan fingerprint density at radius 2 is 1.59 bits per heavy atom. The molecular weight excluding hydrogens is 376 g/mol. The number of hydrogen-bond acceptors (Lipinski definition) is 5. The van der Waals surface area contributed by atoms with Crippen molar-refractivity contribution in [3.8, 4) is 5.75 Å². The summed E-state index contributed by atoms with van der Waals surface area (Å²) in [6.45, 7) is 6.64. The summed E-state index contributed by atoms with van der Waals surface area (Å²) < 4.78 is 7.62. The lowest BCUT2D eigenvalue weighted by atomic mass is 10.2. The van der Waals surface area contributed by atoms with E-state index in [0.29, 0.717) is 5.75 Å². The number of methoxy groups -OCH3 is 1. The van der Waals surface area contributed by atoms with E-state index in [4.69, 9.17) is 4.74 Å². The van der Waals surface area contributed by atoms with Crippen LogP contribution in [0, 0.1) is 0 Å². The molecule has 0 bridgehead atoms. The van der Waals surface area contributed by atoms with Gasteiger partial charge in [-0.25, -0.2) is 28.1 Å². The Morgan fingerprint density at radius 1 is 1.03 bits per heavy atom. The molecule has 29 heavy (non-hydrogen) atoms. The summed E-state index contributed by atoms with van der Waals surface area (Å²) in [6.07, 6.45) is 2.74. The predicted molar refractivity (Wildman–Crippen MR) is 109 cm³/mol. The Bertz CT molecular complexity index is 1050. The van der Waals surface area contributed by atoms with Gasteiger partial charge in [0, 0.05) is 13.6 Å². The van der Waals surface area contributed by atoms with Crippen LogP contribution in [-0.2, 0) is 31.0 Å². The molecule has 0 saturated heterocycles. The zero-order valence-corrected chi connectivity index (χ0v) is 16.5. The van der Waals surface area contributed by atoms with Crippen molar-refractivity contribution in [1.29, 1.82) is 0 Å². The zero-order valence-electron chi connectivity index (χ0n) is 16.5. The number of benzene rings is 1. The fourth-order valence-corrected chi connectivity index (χ4v) is 2.78. The van der Waals surface area contributed by atoms with E-state index >= 15 is 0 Å². The van der Waals surface area contributed by atoms with Gasteiger partial charge in [-0.15, -0.1) is 13.2 Å². The standard InChI is InChI=1S/C20H24N4O5/c1-5-10-22-18(26)23(11-6-2)20(28)24(19(22)27)14-17(25)21(3)13-15-8-7-9-16(12-15)29-4/h5-9,12H,1-2,10-11,13-14H2,3-4H3. The first kappa shape index (κ1) is 21.7. The number of carbonyl (C=O) groups excluding carboxylic acids is 1. The van der Waals surface area contributed by atoms with E-state index in [1.54, 1.807) is 32.4 Å². The summed E-state index contributed by atoms with van der Waals surface area (Å²) in [5.74, 6) is 0.198. The first-order chi connectivity index (χ1) is 13.8. The smallest absolute Gasteiger partial charge is 0.337 e. The highest BCUT2D eigenvalue weighted by Gasteiger charge is 2.18. The van der Waals surface area contributed by atoms with Crippen LogP contribution in [0.1, 0.15) is 5.56 Å². The van der Waals surface area contributed by atoms with Gasteiger partial charge < -0.3 is 9.64 Å². The molecule has 9 heteroatoms. The number of carbonyl (C=O) groups is 1. The van der Waals surface area contributed by atoms with Crippen LogP contribution in [-0.4, -0.2) is 38.7 Å². The minimum absolute atomic E-state index is 0.0804. The molecule has 0 radical (unpaired) electrons. The van der Waals surface area contributed by atoms with Gasteiger partial charge in [-0.05, 0) is 17.7 Å². The Balaban J connectivity index is 2.36. The van der Waals surface area contributed by atoms with Gasteiger partial charge in [-0.2, -0.15) is 0 Å². The number of likely N-dealkylation sites (N-methyl/N-ethyl adjacent to an activating group) is 1. The molecular formula is C20H24N4O5. The first-order valence-corrected chi connectivity index (χ1v) is 8.87. The number of aromatic nitrogens is 3. The molecule has 0 saturated carbocycles. The molecule has 0 unspecified atom stereocenters. The topological polar surface area (TPSA) is 95.5 Å². The molecule has 0 aliphatic rings.